The predicted octanol–water partition coefficient (Wildman–Crippen LogP) is 6.43. The Morgan fingerprint density at radius 2 is 1.56 bits per heavy atom. The van der Waals surface area contributed by atoms with Crippen molar-refractivity contribution in [3.63, 3.8) is 0 Å². The highest BCUT2D eigenvalue weighted by Gasteiger charge is 2.24. The monoisotopic (exact) mass is 605 g/mol. The van der Waals surface area contributed by atoms with E-state index in [2.05, 4.69) is 4.84 Å². The van der Waals surface area contributed by atoms with Crippen LogP contribution in [0.2, 0.25) is 0 Å². The number of hydrogen-bond acceptors (Lipinski definition) is 12. The summed E-state index contributed by atoms with van der Waals surface area (Å²) in [6.07, 6.45) is 1.18. The molecule has 14 heteroatoms. The molecule has 11 nitrogen and oxygen atoms in total. The molecular weight excluding hydrogens is 569 g/mol. The SMILES string of the molecule is CCOP(=O)(OCC)OCCSSCCOC(=O)C(C)c1ccc2cc(OCCCCO[N+](=O)[O-])ccc2c1. The third-order valence-electron chi connectivity index (χ3n) is 5.18. The Morgan fingerprint density at radius 1 is 0.923 bits per heavy atom. The average molecular weight is 606 g/mol. The first-order chi connectivity index (χ1) is 18.8. The summed E-state index contributed by atoms with van der Waals surface area (Å²) < 4.78 is 38.8. The Morgan fingerprint density at radius 3 is 2.26 bits per heavy atom. The van der Waals surface area contributed by atoms with Crippen molar-refractivity contribution < 1.29 is 42.3 Å². The lowest BCUT2D eigenvalue weighted by molar-refractivity contribution is -0.757. The minimum absolute atomic E-state index is 0.0560. The number of carbonyl (C=O) groups excluding carboxylic acids is 1. The maximum atomic E-state index is 12.5. The van der Waals surface area contributed by atoms with Gasteiger partial charge in [0.2, 0.25) is 0 Å². The zero-order chi connectivity index (χ0) is 28.5. The van der Waals surface area contributed by atoms with Crippen LogP contribution in [0.25, 0.3) is 10.8 Å². The van der Waals surface area contributed by atoms with Gasteiger partial charge in [-0.1, -0.05) is 45.9 Å². The highest BCUT2D eigenvalue weighted by molar-refractivity contribution is 8.76. The Labute approximate surface area is 236 Å². The van der Waals surface area contributed by atoms with Gasteiger partial charge in [0.1, 0.15) is 12.4 Å². The van der Waals surface area contributed by atoms with Crippen LogP contribution in [0.3, 0.4) is 0 Å². The van der Waals surface area contributed by atoms with Crippen LogP contribution in [-0.4, -0.2) is 62.2 Å². The van der Waals surface area contributed by atoms with E-state index in [1.807, 2.05) is 43.3 Å². The highest BCUT2D eigenvalue weighted by Crippen LogP contribution is 2.49. The topological polar surface area (TPSA) is 133 Å². The van der Waals surface area contributed by atoms with E-state index in [0.717, 1.165) is 16.3 Å². The van der Waals surface area contributed by atoms with Gasteiger partial charge >= 0.3 is 13.8 Å². The quantitative estimate of drug-likeness (QED) is 0.0387. The van der Waals surface area contributed by atoms with Crippen molar-refractivity contribution in [2.45, 2.75) is 39.5 Å². The summed E-state index contributed by atoms with van der Waals surface area (Å²) in [4.78, 5) is 27.0. The van der Waals surface area contributed by atoms with E-state index in [1.54, 1.807) is 13.8 Å². The number of benzene rings is 2. The Bertz CT molecular complexity index is 1080. The average Bonchev–Trinajstić information content (AvgIpc) is 2.91. The molecule has 0 saturated carbocycles. The molecule has 0 heterocycles. The van der Waals surface area contributed by atoms with Crippen LogP contribution in [-0.2, 0) is 32.5 Å². The number of ether oxygens (including phenoxy) is 2. The summed E-state index contributed by atoms with van der Waals surface area (Å²) in [5.74, 6) is 1.20. The van der Waals surface area contributed by atoms with E-state index in [-0.39, 0.29) is 39.0 Å². The van der Waals surface area contributed by atoms with Gasteiger partial charge in [-0.05, 0) is 62.1 Å². The normalized spacial score (nSPS) is 12.3. The van der Waals surface area contributed by atoms with Crippen molar-refractivity contribution in [1.29, 1.82) is 0 Å². The summed E-state index contributed by atoms with van der Waals surface area (Å²) in [5, 5.41) is 11.3. The second kappa shape index (κ2) is 18.4. The first-order valence-electron chi connectivity index (χ1n) is 12.7. The fraction of sp³-hybridized carbons (Fsp3) is 0.560. The molecule has 2 aromatic rings. The summed E-state index contributed by atoms with van der Waals surface area (Å²) in [5.41, 5.74) is 0.860. The standard InChI is InChI=1S/C25H36NO10PS2/c1-4-34-37(30,35-5-2)36-15-17-39-38-16-14-32-25(27)20(3)21-8-9-23-19-24(11-10-22(23)18-21)31-12-6-7-13-33-26(28)29/h8-11,18-20H,4-7,12-17H2,1-3H3. The van der Waals surface area contributed by atoms with E-state index in [0.29, 0.717) is 36.7 Å². The predicted molar refractivity (Wildman–Crippen MR) is 153 cm³/mol. The van der Waals surface area contributed by atoms with Crippen molar-refractivity contribution in [3.8, 4) is 5.75 Å². The van der Waals surface area contributed by atoms with Crippen LogP contribution < -0.4 is 4.74 Å². The number of fused-ring (bicyclic) bond motifs is 1. The van der Waals surface area contributed by atoms with Gasteiger partial charge in [-0.15, -0.1) is 10.1 Å². The van der Waals surface area contributed by atoms with Gasteiger partial charge < -0.3 is 14.3 Å². The molecule has 0 radical (unpaired) electrons. The molecule has 0 saturated heterocycles. The maximum Gasteiger partial charge on any atom is 0.474 e. The lowest BCUT2D eigenvalue weighted by Crippen LogP contribution is -2.14. The molecule has 0 aliphatic rings. The molecule has 0 N–H and O–H groups in total. The van der Waals surface area contributed by atoms with Gasteiger partial charge in [0, 0.05) is 11.5 Å². The van der Waals surface area contributed by atoms with Crippen molar-refractivity contribution >= 4 is 46.2 Å². The van der Waals surface area contributed by atoms with Crippen LogP contribution in [0.15, 0.2) is 36.4 Å². The molecule has 0 amide bonds. The van der Waals surface area contributed by atoms with Gasteiger partial charge in [0.25, 0.3) is 5.09 Å². The van der Waals surface area contributed by atoms with Gasteiger partial charge in [0.15, 0.2) is 0 Å². The van der Waals surface area contributed by atoms with Crippen LogP contribution in [0.5, 0.6) is 5.75 Å². The molecule has 2 rings (SSSR count). The molecule has 0 aromatic heterocycles. The molecule has 1 atom stereocenters. The maximum absolute atomic E-state index is 12.5. The summed E-state index contributed by atoms with van der Waals surface area (Å²) in [6, 6.07) is 11.5. The van der Waals surface area contributed by atoms with Gasteiger partial charge in [-0.2, -0.15) is 0 Å². The number of phosphoric acid groups is 1. The lowest BCUT2D eigenvalue weighted by atomic mass is 9.98. The molecule has 2 aromatic carbocycles. The van der Waals surface area contributed by atoms with Gasteiger partial charge in [0.05, 0.1) is 39.0 Å². The number of esters is 1. The van der Waals surface area contributed by atoms with E-state index < -0.39 is 18.8 Å². The fourth-order valence-corrected chi connectivity index (χ4v) is 6.25. The number of hydrogen-bond donors (Lipinski definition) is 0. The summed E-state index contributed by atoms with van der Waals surface area (Å²) in [6.45, 7) is 6.75. The summed E-state index contributed by atoms with van der Waals surface area (Å²) >= 11 is 0. The second-order valence-corrected chi connectivity index (χ2v) is 12.4. The molecule has 0 fully saturated rings. The highest BCUT2D eigenvalue weighted by atomic mass is 33.1. The number of nitrogens with zero attached hydrogens (tertiary/aromatic N) is 1. The van der Waals surface area contributed by atoms with Crippen molar-refractivity contribution in [2.75, 3.05) is 51.1 Å². The molecular formula is C25H36NO10PS2. The first kappa shape index (κ1) is 33.2. The van der Waals surface area contributed by atoms with Crippen LogP contribution in [0, 0.1) is 10.1 Å². The van der Waals surface area contributed by atoms with E-state index in [9.17, 15) is 19.5 Å². The minimum Gasteiger partial charge on any atom is -0.494 e. The van der Waals surface area contributed by atoms with Crippen LogP contribution >= 0.6 is 29.4 Å². The molecule has 0 spiro atoms. The third-order valence-corrected chi connectivity index (χ3v) is 9.16. The fourth-order valence-electron chi connectivity index (χ4n) is 3.30. The smallest absolute Gasteiger partial charge is 0.474 e. The molecule has 0 bridgehead atoms. The van der Waals surface area contributed by atoms with Crippen molar-refractivity contribution in [3.05, 3.63) is 52.1 Å². The Kier molecular flexibility index (Phi) is 15.6. The van der Waals surface area contributed by atoms with Crippen LogP contribution in [0.4, 0.5) is 0 Å². The molecule has 0 aliphatic carbocycles. The van der Waals surface area contributed by atoms with Gasteiger partial charge in [-0.25, -0.2) is 4.57 Å². The molecule has 218 valence electrons. The zero-order valence-corrected chi connectivity index (χ0v) is 24.9. The second-order valence-electron chi connectivity index (χ2n) is 8.03. The molecule has 39 heavy (non-hydrogen) atoms. The first-order valence-corrected chi connectivity index (χ1v) is 16.6. The number of unbranched alkanes of at least 4 members (excludes halogenated alkanes) is 1. The van der Waals surface area contributed by atoms with Gasteiger partial charge in [-0.3, -0.25) is 18.4 Å². The van der Waals surface area contributed by atoms with E-state index in [4.69, 9.17) is 23.0 Å². The molecule has 1 unspecified atom stereocenters. The van der Waals surface area contributed by atoms with Crippen LogP contribution in [0.1, 0.15) is 45.1 Å². The molecule has 0 aliphatic heterocycles. The summed E-state index contributed by atoms with van der Waals surface area (Å²) in [7, 11) is -0.420. The Balaban J connectivity index is 1.68. The Hall–Kier alpha value is -2.02. The minimum atomic E-state index is -3.48. The number of carbonyl (C=O) groups is 1. The third kappa shape index (κ3) is 12.8. The zero-order valence-electron chi connectivity index (χ0n) is 22.4. The number of phosphoric ester groups is 1. The van der Waals surface area contributed by atoms with E-state index >= 15 is 0 Å². The number of rotatable bonds is 21. The van der Waals surface area contributed by atoms with E-state index in [1.165, 1.54) is 21.6 Å². The lowest BCUT2D eigenvalue weighted by Gasteiger charge is -2.16. The van der Waals surface area contributed by atoms with Crippen molar-refractivity contribution in [2.24, 2.45) is 0 Å². The van der Waals surface area contributed by atoms with Crippen molar-refractivity contribution in [1.82, 2.24) is 0 Å². The largest absolute Gasteiger partial charge is 0.494 e.